The molecule has 1 aromatic heterocycles. The van der Waals surface area contributed by atoms with Crippen LogP contribution in [0.1, 0.15) is 17.3 Å². The van der Waals surface area contributed by atoms with E-state index in [1.165, 1.54) is 0 Å². The molecule has 6 nitrogen and oxygen atoms in total. The Balaban J connectivity index is 2.04. The first-order valence-electron chi connectivity index (χ1n) is 7.91. The van der Waals surface area contributed by atoms with Crippen molar-refractivity contribution in [2.24, 2.45) is 0 Å². The minimum atomic E-state index is -0.651. The molecule has 126 valence electrons. The molecule has 1 aliphatic heterocycles. The molecule has 25 heavy (non-hydrogen) atoms. The van der Waals surface area contributed by atoms with Crippen molar-refractivity contribution < 1.29 is 19.0 Å². The van der Waals surface area contributed by atoms with Gasteiger partial charge in [-0.1, -0.05) is 30.3 Å². The Bertz CT molecular complexity index is 1020. The van der Waals surface area contributed by atoms with Gasteiger partial charge in [-0.15, -0.1) is 0 Å². The van der Waals surface area contributed by atoms with Crippen molar-refractivity contribution in [2.75, 3.05) is 13.4 Å². The summed E-state index contributed by atoms with van der Waals surface area (Å²) in [7, 11) is 0. The van der Waals surface area contributed by atoms with Gasteiger partial charge >= 0.3 is 5.97 Å². The first kappa shape index (κ1) is 15.3. The maximum absolute atomic E-state index is 13.0. The molecule has 2 aromatic carbocycles. The fraction of sp³-hybridized carbons (Fsp3) is 0.158. The number of aromatic amines is 1. The van der Waals surface area contributed by atoms with Gasteiger partial charge in [0.05, 0.1) is 23.2 Å². The van der Waals surface area contributed by atoms with E-state index in [1.807, 2.05) is 30.3 Å². The molecule has 0 saturated carbocycles. The number of carbonyl (C=O) groups excluding carboxylic acids is 1. The maximum atomic E-state index is 13.0. The second-order valence-corrected chi connectivity index (χ2v) is 5.54. The zero-order valence-corrected chi connectivity index (χ0v) is 13.5. The third kappa shape index (κ3) is 2.52. The van der Waals surface area contributed by atoms with Crippen LogP contribution in [0.5, 0.6) is 11.5 Å². The summed E-state index contributed by atoms with van der Waals surface area (Å²) < 4.78 is 15.8. The van der Waals surface area contributed by atoms with Crippen LogP contribution in [0.3, 0.4) is 0 Å². The molecule has 0 radical (unpaired) electrons. The number of hydrogen-bond acceptors (Lipinski definition) is 5. The van der Waals surface area contributed by atoms with Crippen LogP contribution in [0, 0.1) is 0 Å². The topological polar surface area (TPSA) is 77.6 Å². The van der Waals surface area contributed by atoms with Gasteiger partial charge in [0.15, 0.2) is 11.5 Å². The third-order valence-corrected chi connectivity index (χ3v) is 4.04. The zero-order valence-electron chi connectivity index (χ0n) is 13.5. The lowest BCUT2D eigenvalue weighted by Gasteiger charge is -2.11. The first-order chi connectivity index (χ1) is 12.2. The van der Waals surface area contributed by atoms with Crippen molar-refractivity contribution in [3.63, 3.8) is 0 Å². The Hall–Kier alpha value is -3.28. The molecule has 0 fully saturated rings. The first-order valence-corrected chi connectivity index (χ1v) is 7.91. The fourth-order valence-electron chi connectivity index (χ4n) is 2.90. The van der Waals surface area contributed by atoms with E-state index in [1.54, 1.807) is 19.1 Å². The highest BCUT2D eigenvalue weighted by atomic mass is 16.7. The molecule has 0 saturated heterocycles. The molecule has 0 unspecified atom stereocenters. The number of nitrogens with one attached hydrogen (secondary N) is 1. The van der Waals surface area contributed by atoms with E-state index in [4.69, 9.17) is 14.2 Å². The fourth-order valence-corrected chi connectivity index (χ4v) is 2.90. The normalized spacial score (nSPS) is 12.4. The van der Waals surface area contributed by atoms with E-state index in [9.17, 15) is 9.59 Å². The van der Waals surface area contributed by atoms with Crippen LogP contribution in [-0.4, -0.2) is 24.4 Å². The second kappa shape index (κ2) is 5.98. The highest BCUT2D eigenvalue weighted by Crippen LogP contribution is 2.35. The molecule has 0 atom stereocenters. The molecular weight excluding hydrogens is 322 g/mol. The van der Waals surface area contributed by atoms with Crippen molar-refractivity contribution in [1.29, 1.82) is 0 Å². The Morgan fingerprint density at radius 2 is 1.88 bits per heavy atom. The van der Waals surface area contributed by atoms with Crippen molar-refractivity contribution >= 4 is 16.9 Å². The molecule has 1 N–H and O–H groups in total. The SMILES string of the molecule is CCOC(=O)c1c(-c2ccccc2)[nH]c2cc3c(cc2c1=O)OCO3. The van der Waals surface area contributed by atoms with Gasteiger partial charge in [-0.05, 0) is 18.6 Å². The molecule has 6 heteroatoms. The van der Waals surface area contributed by atoms with Gasteiger partial charge in [-0.2, -0.15) is 0 Å². The molecule has 2 heterocycles. The smallest absolute Gasteiger partial charge is 0.344 e. The van der Waals surface area contributed by atoms with Crippen molar-refractivity contribution in [3.8, 4) is 22.8 Å². The number of esters is 1. The van der Waals surface area contributed by atoms with E-state index in [2.05, 4.69) is 4.98 Å². The van der Waals surface area contributed by atoms with E-state index in [0.29, 0.717) is 28.1 Å². The van der Waals surface area contributed by atoms with E-state index in [0.717, 1.165) is 5.56 Å². The highest BCUT2D eigenvalue weighted by Gasteiger charge is 2.23. The van der Waals surface area contributed by atoms with Gasteiger partial charge in [-0.3, -0.25) is 4.79 Å². The number of aromatic nitrogens is 1. The van der Waals surface area contributed by atoms with Gasteiger partial charge in [0.25, 0.3) is 0 Å². The summed E-state index contributed by atoms with van der Waals surface area (Å²) in [6.45, 7) is 2.00. The molecule has 0 spiro atoms. The summed E-state index contributed by atoms with van der Waals surface area (Å²) in [4.78, 5) is 28.6. The van der Waals surface area contributed by atoms with Crippen LogP contribution in [-0.2, 0) is 4.74 Å². The molecule has 4 rings (SSSR count). The number of pyridine rings is 1. The Morgan fingerprint density at radius 1 is 1.16 bits per heavy atom. The summed E-state index contributed by atoms with van der Waals surface area (Å²) in [6, 6.07) is 12.5. The molecular formula is C19H15NO5. The summed E-state index contributed by atoms with van der Waals surface area (Å²) in [5.74, 6) is 0.397. The van der Waals surface area contributed by atoms with Crippen molar-refractivity contribution in [2.45, 2.75) is 6.92 Å². The van der Waals surface area contributed by atoms with Gasteiger partial charge in [0, 0.05) is 6.07 Å². The summed E-state index contributed by atoms with van der Waals surface area (Å²) >= 11 is 0. The van der Waals surface area contributed by atoms with Crippen LogP contribution in [0.2, 0.25) is 0 Å². The zero-order chi connectivity index (χ0) is 17.4. The Labute approximate surface area is 143 Å². The van der Waals surface area contributed by atoms with Gasteiger partial charge in [0.2, 0.25) is 12.2 Å². The lowest BCUT2D eigenvalue weighted by atomic mass is 10.0. The van der Waals surface area contributed by atoms with E-state index < -0.39 is 11.4 Å². The monoisotopic (exact) mass is 337 g/mol. The number of carbonyl (C=O) groups is 1. The van der Waals surface area contributed by atoms with Crippen LogP contribution in [0.25, 0.3) is 22.2 Å². The van der Waals surface area contributed by atoms with E-state index >= 15 is 0 Å². The lowest BCUT2D eigenvalue weighted by molar-refractivity contribution is 0.0525. The van der Waals surface area contributed by atoms with Crippen LogP contribution in [0.15, 0.2) is 47.3 Å². The van der Waals surface area contributed by atoms with Gasteiger partial charge < -0.3 is 19.2 Å². The predicted molar refractivity (Wildman–Crippen MR) is 92.1 cm³/mol. The molecule has 3 aromatic rings. The quantitative estimate of drug-likeness (QED) is 0.743. The number of ether oxygens (including phenoxy) is 3. The van der Waals surface area contributed by atoms with Crippen LogP contribution < -0.4 is 14.9 Å². The summed E-state index contributed by atoms with van der Waals surface area (Å²) in [5, 5.41) is 0.354. The minimum Gasteiger partial charge on any atom is -0.462 e. The largest absolute Gasteiger partial charge is 0.462 e. The average Bonchev–Trinajstić information content (AvgIpc) is 3.08. The third-order valence-electron chi connectivity index (χ3n) is 4.04. The van der Waals surface area contributed by atoms with Crippen molar-refractivity contribution in [3.05, 3.63) is 58.3 Å². The number of rotatable bonds is 3. The predicted octanol–water partition coefficient (Wildman–Crippen LogP) is 3.10. The summed E-state index contributed by atoms with van der Waals surface area (Å²) in [5.41, 5.74) is 1.31. The highest BCUT2D eigenvalue weighted by molar-refractivity contribution is 6.00. The molecule has 0 bridgehead atoms. The average molecular weight is 337 g/mol. The Morgan fingerprint density at radius 3 is 2.60 bits per heavy atom. The van der Waals surface area contributed by atoms with Gasteiger partial charge in [-0.25, -0.2) is 4.79 Å². The Kier molecular flexibility index (Phi) is 3.65. The minimum absolute atomic E-state index is 0.0144. The standard InChI is InChI=1S/C19H15NO5/c1-2-23-19(22)16-17(11-6-4-3-5-7-11)20-13-9-15-14(24-10-25-15)8-12(13)18(16)21/h3-9H,2,10H2,1H3,(H,20,21). The number of hydrogen-bond donors (Lipinski definition) is 1. The lowest BCUT2D eigenvalue weighted by Crippen LogP contribution is -2.20. The molecule has 0 amide bonds. The van der Waals surface area contributed by atoms with Crippen LogP contribution in [0.4, 0.5) is 0 Å². The van der Waals surface area contributed by atoms with E-state index in [-0.39, 0.29) is 19.0 Å². The molecule has 0 aliphatic carbocycles. The van der Waals surface area contributed by atoms with Crippen LogP contribution >= 0.6 is 0 Å². The number of H-pyrrole nitrogens is 1. The molecule has 1 aliphatic rings. The summed E-state index contributed by atoms with van der Waals surface area (Å²) in [6.07, 6.45) is 0. The van der Waals surface area contributed by atoms with Crippen molar-refractivity contribution in [1.82, 2.24) is 4.98 Å². The number of fused-ring (bicyclic) bond motifs is 2. The number of benzene rings is 2. The second-order valence-electron chi connectivity index (χ2n) is 5.54. The van der Waals surface area contributed by atoms with Gasteiger partial charge in [0.1, 0.15) is 5.56 Å². The maximum Gasteiger partial charge on any atom is 0.344 e.